The Labute approximate surface area is 155 Å². The van der Waals surface area contributed by atoms with Crippen LogP contribution in [0.5, 0.6) is 0 Å². The van der Waals surface area contributed by atoms with Gasteiger partial charge in [0.05, 0.1) is 10.5 Å². The van der Waals surface area contributed by atoms with Crippen molar-refractivity contribution in [2.45, 2.75) is 50.5 Å². The third-order valence-electron chi connectivity index (χ3n) is 3.54. The number of thiophene rings is 1. The van der Waals surface area contributed by atoms with Gasteiger partial charge in [0, 0.05) is 23.4 Å². The van der Waals surface area contributed by atoms with E-state index in [2.05, 4.69) is 0 Å². The van der Waals surface area contributed by atoms with Crippen molar-refractivity contribution in [3.05, 3.63) is 34.7 Å². The molecule has 27 heavy (non-hydrogen) atoms. The Kier molecular flexibility index (Phi) is 6.99. The van der Waals surface area contributed by atoms with Gasteiger partial charge in [-0.25, -0.2) is 8.42 Å². The fraction of sp³-hybridized carbons (Fsp3) is 0.500. The van der Waals surface area contributed by atoms with Crippen LogP contribution < -0.4 is 0 Å². The van der Waals surface area contributed by atoms with Gasteiger partial charge in [-0.05, 0) is 17.5 Å². The number of benzene rings is 1. The fourth-order valence-electron chi connectivity index (χ4n) is 2.21. The number of halogens is 6. The molecule has 0 aliphatic rings. The van der Waals surface area contributed by atoms with Gasteiger partial charge in [0.25, 0.3) is 0 Å². The summed E-state index contributed by atoms with van der Waals surface area (Å²) in [5, 5.41) is 0.730. The Morgan fingerprint density at radius 2 is 1.41 bits per heavy atom. The van der Waals surface area contributed by atoms with Crippen molar-refractivity contribution in [2.24, 2.45) is 0 Å². The molecule has 0 N–H and O–H groups in total. The second-order valence-electron chi connectivity index (χ2n) is 6.31. The number of hydrogen-bond donors (Lipinski definition) is 0. The molecule has 154 valence electrons. The van der Waals surface area contributed by atoms with Gasteiger partial charge in [-0.15, -0.1) is 13.2 Å². The first-order valence-corrected chi connectivity index (χ1v) is 10.3. The maximum absolute atomic E-state index is 13.4. The number of alkyl halides is 6. The molecule has 0 radical (unpaired) electrons. The quantitative estimate of drug-likeness (QED) is 0.238. The first-order chi connectivity index (χ1) is 12.0. The van der Waals surface area contributed by atoms with E-state index in [4.69, 9.17) is 13.0 Å². The molecule has 1 atom stereocenters. The highest BCUT2D eigenvalue weighted by atomic mass is 32.2. The number of rotatable bonds is 2. The van der Waals surface area contributed by atoms with E-state index in [-0.39, 0.29) is 11.8 Å². The smallest absolute Gasteiger partial charge is 0.600 e. The molecule has 0 amide bonds. The van der Waals surface area contributed by atoms with Crippen molar-refractivity contribution in [3.8, 4) is 0 Å². The molecule has 0 aliphatic heterocycles. The summed E-state index contributed by atoms with van der Waals surface area (Å²) < 4.78 is 99.4. The zero-order valence-electron chi connectivity index (χ0n) is 14.8. The lowest BCUT2D eigenvalue weighted by Crippen LogP contribution is -2.21. The predicted octanol–water partition coefficient (Wildman–Crippen LogP) is 6.36. The normalized spacial score (nSPS) is 13.9. The van der Waals surface area contributed by atoms with Crippen LogP contribution in [0.1, 0.15) is 50.0 Å². The molecule has 0 fully saturated rings. The van der Waals surface area contributed by atoms with Gasteiger partial charge in [-0.1, -0.05) is 33.8 Å². The molecule has 1 aromatic heterocycles. The van der Waals surface area contributed by atoms with E-state index < -0.39 is 31.6 Å². The summed E-state index contributed by atoms with van der Waals surface area (Å²) in [6.45, 7) is 7.65. The molecule has 2 aromatic rings. The van der Waals surface area contributed by atoms with Crippen LogP contribution in [0.3, 0.4) is 0 Å². The summed E-state index contributed by atoms with van der Waals surface area (Å²) in [5.41, 5.74) is -8.86. The molecule has 2 rings (SSSR count). The van der Waals surface area contributed by atoms with Gasteiger partial charge >= 0.3 is 11.0 Å². The van der Waals surface area contributed by atoms with Crippen molar-refractivity contribution in [2.75, 3.05) is 0 Å². The van der Waals surface area contributed by atoms with Crippen LogP contribution >= 0.6 is 10.5 Å². The Hall–Kier alpha value is -1.33. The molecule has 3 nitrogen and oxygen atoms in total. The maximum atomic E-state index is 13.4. The molecule has 11 heteroatoms. The molecule has 1 aromatic carbocycles. The summed E-state index contributed by atoms with van der Waals surface area (Å²) in [6, 6.07) is 7.22. The Morgan fingerprint density at radius 1 is 0.926 bits per heavy atom. The van der Waals surface area contributed by atoms with E-state index in [1.54, 1.807) is 12.1 Å². The fourth-order valence-corrected chi connectivity index (χ4v) is 4.31. The predicted molar refractivity (Wildman–Crippen MR) is 91.7 cm³/mol. The van der Waals surface area contributed by atoms with E-state index in [9.17, 15) is 26.3 Å². The monoisotopic (exact) mass is 436 g/mol. The molecule has 0 aliphatic carbocycles. The average molecular weight is 436 g/mol. The highest BCUT2D eigenvalue weighted by Crippen LogP contribution is 2.53. The summed E-state index contributed by atoms with van der Waals surface area (Å²) in [4.78, 5) is 0.503. The van der Waals surface area contributed by atoms with E-state index in [0.717, 1.165) is 10.9 Å². The third kappa shape index (κ3) is 5.82. The minimum atomic E-state index is -6.09. The van der Waals surface area contributed by atoms with Gasteiger partial charge in [-0.3, -0.25) is 0 Å². The lowest BCUT2D eigenvalue weighted by atomic mass is 10.0. The highest BCUT2D eigenvalue weighted by Gasteiger charge is 2.48. The molecule has 0 saturated carbocycles. The van der Waals surface area contributed by atoms with E-state index in [1.165, 1.54) is 0 Å². The van der Waals surface area contributed by atoms with Gasteiger partial charge in [0.15, 0.2) is 19.7 Å². The van der Waals surface area contributed by atoms with Crippen LogP contribution in [0.15, 0.2) is 24.3 Å². The Morgan fingerprint density at radius 3 is 1.74 bits per heavy atom. The Balaban J connectivity index is 0.000000387. The summed E-state index contributed by atoms with van der Waals surface area (Å²) in [6.07, 6.45) is 0. The van der Waals surface area contributed by atoms with Crippen LogP contribution in [0.2, 0.25) is 0 Å². The lowest BCUT2D eigenvalue weighted by Gasteiger charge is -2.08. The Bertz CT molecular complexity index is 893. The minimum Gasteiger partial charge on any atom is -0.741 e. The first-order valence-electron chi connectivity index (χ1n) is 7.65. The summed E-state index contributed by atoms with van der Waals surface area (Å²) >= 11 is 0. The van der Waals surface area contributed by atoms with Crippen molar-refractivity contribution in [3.63, 3.8) is 0 Å². The van der Waals surface area contributed by atoms with Gasteiger partial charge < -0.3 is 4.55 Å². The number of fused-ring (bicyclic) bond motifs is 1. The molecular weight excluding hydrogens is 418 g/mol. The second kappa shape index (κ2) is 7.96. The van der Waals surface area contributed by atoms with Gasteiger partial charge in [0.1, 0.15) is 0 Å². The van der Waals surface area contributed by atoms with Crippen molar-refractivity contribution >= 4 is 30.7 Å². The minimum absolute atomic E-state index is 0.0835. The van der Waals surface area contributed by atoms with Crippen LogP contribution in [-0.4, -0.2) is 18.5 Å². The van der Waals surface area contributed by atoms with E-state index in [1.807, 2.05) is 39.8 Å². The third-order valence-corrected chi connectivity index (χ3v) is 6.43. The lowest BCUT2D eigenvalue weighted by molar-refractivity contribution is -0.0868. The highest BCUT2D eigenvalue weighted by molar-refractivity contribution is 7.86. The standard InChI is InChI=1S/C15H18F3S.CHF3O3S/c1-9(2)11-5-6-12-8-13(10(3)4)19(14(12)7-11)15(16,17)18;2-1(3,4)8(5,6)7/h5-10H,1-4H3;(H,5,6,7)/q+1;/p-1. The van der Waals surface area contributed by atoms with Crippen LogP contribution in [-0.2, 0) is 15.6 Å². The van der Waals surface area contributed by atoms with E-state index >= 15 is 0 Å². The van der Waals surface area contributed by atoms with Crippen LogP contribution in [0.25, 0.3) is 10.1 Å². The van der Waals surface area contributed by atoms with Crippen molar-refractivity contribution < 1.29 is 39.3 Å². The second-order valence-corrected chi connectivity index (χ2v) is 9.66. The molecular formula is C16H18F6O3S2. The average Bonchev–Trinajstić information content (AvgIpc) is 2.84. The molecule has 1 unspecified atom stereocenters. The topological polar surface area (TPSA) is 57.2 Å². The summed E-state index contributed by atoms with van der Waals surface area (Å²) in [5.74, 6) is 0.159. The van der Waals surface area contributed by atoms with Crippen LogP contribution in [0, 0.1) is 0 Å². The zero-order chi connectivity index (χ0) is 21.4. The maximum Gasteiger partial charge on any atom is 0.600 e. The van der Waals surface area contributed by atoms with E-state index in [0.29, 0.717) is 9.58 Å². The largest absolute Gasteiger partial charge is 0.741 e. The molecule has 0 bridgehead atoms. The molecule has 0 saturated heterocycles. The van der Waals surface area contributed by atoms with Crippen LogP contribution in [0.4, 0.5) is 26.3 Å². The van der Waals surface area contributed by atoms with Crippen molar-refractivity contribution in [1.29, 1.82) is 0 Å². The SMILES string of the molecule is CC(C)c1ccc2cc(C(C)C)[s+](C(F)(F)F)c2c1.O=S(=O)([O-])C(F)(F)F. The molecule has 1 heterocycles. The van der Waals surface area contributed by atoms with Gasteiger partial charge in [-0.2, -0.15) is 13.2 Å². The van der Waals surface area contributed by atoms with Gasteiger partial charge in [0.2, 0.25) is 0 Å². The number of hydrogen-bond acceptors (Lipinski definition) is 3. The zero-order valence-corrected chi connectivity index (χ0v) is 16.4. The first kappa shape index (κ1) is 23.7. The van der Waals surface area contributed by atoms with Crippen molar-refractivity contribution in [1.82, 2.24) is 0 Å². The molecule has 0 spiro atoms. The summed E-state index contributed by atoms with van der Waals surface area (Å²) in [7, 11) is -7.84.